The summed E-state index contributed by atoms with van der Waals surface area (Å²) in [6, 6.07) is 0. The van der Waals surface area contributed by atoms with Crippen LogP contribution in [0.3, 0.4) is 0 Å². The SMILES string of the molecule is Cc1cn(Cc2csc(C)n2)c(NCC(C)C)n1. The van der Waals surface area contributed by atoms with E-state index in [0.29, 0.717) is 5.92 Å². The zero-order valence-electron chi connectivity index (χ0n) is 11.4. The Morgan fingerprint density at radius 3 is 2.72 bits per heavy atom. The smallest absolute Gasteiger partial charge is 0.203 e. The lowest BCUT2D eigenvalue weighted by molar-refractivity contribution is 0.675. The summed E-state index contributed by atoms with van der Waals surface area (Å²) in [6.07, 6.45) is 2.07. The van der Waals surface area contributed by atoms with Crippen molar-refractivity contribution in [3.8, 4) is 0 Å². The highest BCUT2D eigenvalue weighted by Gasteiger charge is 2.08. The Bertz CT molecular complexity index is 513. The van der Waals surface area contributed by atoms with Gasteiger partial charge in [0, 0.05) is 18.1 Å². The largest absolute Gasteiger partial charge is 0.355 e. The van der Waals surface area contributed by atoms with Gasteiger partial charge in [-0.05, 0) is 19.8 Å². The van der Waals surface area contributed by atoms with Gasteiger partial charge in [-0.3, -0.25) is 0 Å². The molecule has 0 saturated carbocycles. The molecule has 0 atom stereocenters. The zero-order chi connectivity index (χ0) is 13.1. The van der Waals surface area contributed by atoms with Crippen LogP contribution >= 0.6 is 11.3 Å². The number of anilines is 1. The van der Waals surface area contributed by atoms with Crippen LogP contribution in [0.2, 0.25) is 0 Å². The molecule has 0 aliphatic carbocycles. The molecule has 2 aromatic heterocycles. The van der Waals surface area contributed by atoms with Crippen molar-refractivity contribution >= 4 is 17.3 Å². The Morgan fingerprint density at radius 2 is 2.11 bits per heavy atom. The predicted octanol–water partition coefficient (Wildman–Crippen LogP) is 3.07. The highest BCUT2D eigenvalue weighted by Crippen LogP contribution is 2.14. The Kier molecular flexibility index (Phi) is 4.01. The molecule has 5 heteroatoms. The van der Waals surface area contributed by atoms with Gasteiger partial charge in [0.15, 0.2) is 0 Å². The predicted molar refractivity (Wildman–Crippen MR) is 76.2 cm³/mol. The van der Waals surface area contributed by atoms with Crippen LogP contribution in [-0.4, -0.2) is 21.1 Å². The minimum Gasteiger partial charge on any atom is -0.355 e. The number of aryl methyl sites for hydroxylation is 2. The molecule has 0 spiro atoms. The van der Waals surface area contributed by atoms with E-state index in [-0.39, 0.29) is 0 Å². The molecular formula is C13H20N4S. The lowest BCUT2D eigenvalue weighted by atomic mass is 10.2. The number of nitrogens with one attached hydrogen (secondary N) is 1. The van der Waals surface area contributed by atoms with Gasteiger partial charge < -0.3 is 9.88 Å². The molecule has 4 nitrogen and oxygen atoms in total. The Balaban J connectivity index is 2.11. The minimum absolute atomic E-state index is 0.608. The molecule has 0 bridgehead atoms. The van der Waals surface area contributed by atoms with Gasteiger partial charge in [0.1, 0.15) is 0 Å². The molecule has 0 saturated heterocycles. The zero-order valence-corrected chi connectivity index (χ0v) is 12.2. The highest BCUT2D eigenvalue weighted by molar-refractivity contribution is 7.09. The van der Waals surface area contributed by atoms with Gasteiger partial charge in [-0.25, -0.2) is 9.97 Å². The monoisotopic (exact) mass is 264 g/mol. The third-order valence-electron chi connectivity index (χ3n) is 2.56. The van der Waals surface area contributed by atoms with Gasteiger partial charge >= 0.3 is 0 Å². The molecule has 0 aliphatic rings. The van der Waals surface area contributed by atoms with Crippen LogP contribution in [0.25, 0.3) is 0 Å². The molecule has 0 amide bonds. The van der Waals surface area contributed by atoms with Crippen LogP contribution in [0.4, 0.5) is 5.95 Å². The van der Waals surface area contributed by atoms with Crippen molar-refractivity contribution in [1.29, 1.82) is 0 Å². The van der Waals surface area contributed by atoms with Crippen LogP contribution in [0.5, 0.6) is 0 Å². The van der Waals surface area contributed by atoms with Gasteiger partial charge in [0.25, 0.3) is 0 Å². The molecule has 2 heterocycles. The lowest BCUT2D eigenvalue weighted by Gasteiger charge is -2.10. The topological polar surface area (TPSA) is 42.7 Å². The third-order valence-corrected chi connectivity index (χ3v) is 3.39. The summed E-state index contributed by atoms with van der Waals surface area (Å²) < 4.78 is 2.13. The molecule has 2 aromatic rings. The van der Waals surface area contributed by atoms with E-state index in [4.69, 9.17) is 0 Å². The van der Waals surface area contributed by atoms with Gasteiger partial charge in [0.05, 0.1) is 22.9 Å². The summed E-state index contributed by atoms with van der Waals surface area (Å²) in [5.41, 5.74) is 2.13. The first-order valence-corrected chi connectivity index (χ1v) is 7.11. The molecule has 1 N–H and O–H groups in total. The second-order valence-electron chi connectivity index (χ2n) is 4.97. The quantitative estimate of drug-likeness (QED) is 0.902. The van der Waals surface area contributed by atoms with Crippen molar-refractivity contribution in [2.24, 2.45) is 5.92 Å². The maximum absolute atomic E-state index is 4.51. The lowest BCUT2D eigenvalue weighted by Crippen LogP contribution is -2.13. The van der Waals surface area contributed by atoms with E-state index in [0.717, 1.165) is 35.4 Å². The average Bonchev–Trinajstić information content (AvgIpc) is 2.83. The van der Waals surface area contributed by atoms with Crippen molar-refractivity contribution in [1.82, 2.24) is 14.5 Å². The number of hydrogen-bond acceptors (Lipinski definition) is 4. The molecule has 0 fully saturated rings. The fourth-order valence-corrected chi connectivity index (χ4v) is 2.36. The van der Waals surface area contributed by atoms with Gasteiger partial charge in [0.2, 0.25) is 5.95 Å². The van der Waals surface area contributed by atoms with E-state index < -0.39 is 0 Å². The number of rotatable bonds is 5. The third kappa shape index (κ3) is 3.32. The van der Waals surface area contributed by atoms with Gasteiger partial charge in [-0.2, -0.15) is 0 Å². The van der Waals surface area contributed by atoms with Gasteiger partial charge in [-0.1, -0.05) is 13.8 Å². The van der Waals surface area contributed by atoms with E-state index in [1.807, 2.05) is 13.8 Å². The summed E-state index contributed by atoms with van der Waals surface area (Å²) in [6.45, 7) is 10.2. The summed E-state index contributed by atoms with van der Waals surface area (Å²) >= 11 is 1.69. The normalized spacial score (nSPS) is 11.2. The Labute approximate surface area is 112 Å². The summed E-state index contributed by atoms with van der Waals surface area (Å²) in [5.74, 6) is 1.55. The standard InChI is InChI=1S/C13H20N4S/c1-9(2)5-14-13-15-10(3)6-17(13)7-12-8-18-11(4)16-12/h6,8-9H,5,7H2,1-4H3,(H,14,15). The van der Waals surface area contributed by atoms with Crippen LogP contribution in [0, 0.1) is 19.8 Å². The van der Waals surface area contributed by atoms with Crippen molar-refractivity contribution in [2.75, 3.05) is 11.9 Å². The molecule has 2 rings (SSSR count). The summed E-state index contributed by atoms with van der Waals surface area (Å²) in [4.78, 5) is 9.01. The molecule has 0 aromatic carbocycles. The Hall–Kier alpha value is -1.36. The first-order valence-electron chi connectivity index (χ1n) is 6.23. The molecule has 0 unspecified atom stereocenters. The highest BCUT2D eigenvalue weighted by atomic mass is 32.1. The fourth-order valence-electron chi connectivity index (χ4n) is 1.76. The van der Waals surface area contributed by atoms with E-state index in [2.05, 4.69) is 45.3 Å². The maximum Gasteiger partial charge on any atom is 0.203 e. The van der Waals surface area contributed by atoms with Crippen LogP contribution in [-0.2, 0) is 6.54 Å². The second kappa shape index (κ2) is 5.52. The molecular weight excluding hydrogens is 244 g/mol. The summed E-state index contributed by atoms with van der Waals surface area (Å²) in [7, 11) is 0. The number of hydrogen-bond donors (Lipinski definition) is 1. The van der Waals surface area contributed by atoms with Crippen LogP contribution in [0.15, 0.2) is 11.6 Å². The number of nitrogens with zero attached hydrogens (tertiary/aromatic N) is 3. The molecule has 98 valence electrons. The van der Waals surface area contributed by atoms with Crippen molar-refractivity contribution < 1.29 is 0 Å². The second-order valence-corrected chi connectivity index (χ2v) is 6.03. The first kappa shape index (κ1) is 13.1. The van der Waals surface area contributed by atoms with Crippen molar-refractivity contribution in [3.63, 3.8) is 0 Å². The average molecular weight is 264 g/mol. The van der Waals surface area contributed by atoms with E-state index in [1.54, 1.807) is 11.3 Å². The molecule has 18 heavy (non-hydrogen) atoms. The minimum atomic E-state index is 0.608. The maximum atomic E-state index is 4.51. The first-order chi connectivity index (χ1) is 8.54. The van der Waals surface area contributed by atoms with E-state index in [9.17, 15) is 0 Å². The van der Waals surface area contributed by atoms with Crippen molar-refractivity contribution in [2.45, 2.75) is 34.2 Å². The van der Waals surface area contributed by atoms with Crippen molar-refractivity contribution in [3.05, 3.63) is 28.0 Å². The Morgan fingerprint density at radius 1 is 1.33 bits per heavy atom. The molecule has 0 aliphatic heterocycles. The number of aromatic nitrogens is 3. The number of thiazole rings is 1. The van der Waals surface area contributed by atoms with E-state index >= 15 is 0 Å². The fraction of sp³-hybridized carbons (Fsp3) is 0.538. The molecule has 0 radical (unpaired) electrons. The van der Waals surface area contributed by atoms with Crippen LogP contribution in [0.1, 0.15) is 30.2 Å². The number of imidazole rings is 1. The van der Waals surface area contributed by atoms with E-state index in [1.165, 1.54) is 0 Å². The summed E-state index contributed by atoms with van der Waals surface area (Å²) in [5, 5.41) is 6.61. The van der Waals surface area contributed by atoms with Crippen LogP contribution < -0.4 is 5.32 Å². The van der Waals surface area contributed by atoms with Gasteiger partial charge in [-0.15, -0.1) is 11.3 Å².